The number of esters is 2. The summed E-state index contributed by atoms with van der Waals surface area (Å²) >= 11 is 0. The maximum Gasteiger partial charge on any atom is 0.339 e. The van der Waals surface area contributed by atoms with Crippen LogP contribution in [0.1, 0.15) is 42.7 Å². The van der Waals surface area contributed by atoms with Gasteiger partial charge in [-0.05, 0) is 55.1 Å². The zero-order valence-electron chi connectivity index (χ0n) is 22.1. The predicted molar refractivity (Wildman–Crippen MR) is 135 cm³/mol. The molecule has 1 aromatic carbocycles. The third-order valence-electron chi connectivity index (χ3n) is 8.13. The van der Waals surface area contributed by atoms with Crippen LogP contribution < -0.4 is 9.47 Å². The zero-order valence-corrected chi connectivity index (χ0v) is 22.1. The van der Waals surface area contributed by atoms with Gasteiger partial charge in [0.1, 0.15) is 5.76 Å². The highest BCUT2D eigenvalue weighted by atomic mass is 16.7. The number of hydrogen-bond acceptors (Lipinski definition) is 10. The molecule has 4 aliphatic rings. The van der Waals surface area contributed by atoms with E-state index >= 15 is 0 Å². The van der Waals surface area contributed by atoms with E-state index in [0.717, 1.165) is 43.5 Å². The molecule has 1 fully saturated rings. The molecule has 10 nitrogen and oxygen atoms in total. The lowest BCUT2D eigenvalue weighted by Crippen LogP contribution is -2.49. The Morgan fingerprint density at radius 1 is 1.18 bits per heavy atom. The number of benzene rings is 1. The minimum absolute atomic E-state index is 0.139. The summed E-state index contributed by atoms with van der Waals surface area (Å²) in [5, 5.41) is 11.4. The van der Waals surface area contributed by atoms with Crippen molar-refractivity contribution in [1.82, 2.24) is 4.90 Å². The quantitative estimate of drug-likeness (QED) is 0.377. The van der Waals surface area contributed by atoms with Gasteiger partial charge in [0.05, 0.1) is 38.7 Å². The first-order chi connectivity index (χ1) is 18.3. The van der Waals surface area contributed by atoms with Crippen LogP contribution in [0.5, 0.6) is 11.5 Å². The van der Waals surface area contributed by atoms with Crippen LogP contribution in [0.3, 0.4) is 0 Å². The minimum atomic E-state index is -2.12. The number of carbonyl (C=O) groups excluding carboxylic acids is 2. The summed E-state index contributed by atoms with van der Waals surface area (Å²) in [6.07, 6.45) is 6.55. The lowest BCUT2D eigenvalue weighted by Gasteiger charge is -2.39. The van der Waals surface area contributed by atoms with Gasteiger partial charge in [0.2, 0.25) is 6.79 Å². The first-order valence-electron chi connectivity index (χ1n) is 12.9. The third-order valence-corrected chi connectivity index (χ3v) is 8.13. The maximum absolute atomic E-state index is 13.7. The average Bonchev–Trinajstić information content (AvgIpc) is 3.60. The normalized spacial score (nSPS) is 27.1. The Balaban J connectivity index is 1.52. The molecule has 1 aromatic rings. The number of carbonyl (C=O) groups is 2. The molecule has 0 radical (unpaired) electrons. The number of rotatable bonds is 9. The Bertz CT molecular complexity index is 1150. The number of methoxy groups -OCH3 is 3. The monoisotopic (exact) mass is 529 g/mol. The predicted octanol–water partition coefficient (Wildman–Crippen LogP) is 2.23. The Hall–Kier alpha value is -3.08. The molecule has 206 valence electrons. The summed E-state index contributed by atoms with van der Waals surface area (Å²) in [6, 6.07) is 4.01. The lowest BCUT2D eigenvalue weighted by atomic mass is 9.77. The van der Waals surface area contributed by atoms with Gasteiger partial charge in [-0.25, -0.2) is 4.79 Å². The molecule has 1 saturated heterocycles. The molecule has 5 rings (SSSR count). The smallest absolute Gasteiger partial charge is 0.339 e. The molecule has 0 bridgehead atoms. The summed E-state index contributed by atoms with van der Waals surface area (Å²) in [4.78, 5) is 28.3. The van der Waals surface area contributed by atoms with Crippen LogP contribution in [-0.4, -0.2) is 87.0 Å². The van der Waals surface area contributed by atoms with Crippen molar-refractivity contribution in [2.45, 2.75) is 55.3 Å². The molecule has 3 aliphatic heterocycles. The van der Waals surface area contributed by atoms with Crippen LogP contribution in [0.2, 0.25) is 0 Å². The standard InChI is InChI=1S/C28H35NO9/c1-33-12-5-4-9-28(32,16-23(30)35-3)26(31)38-25-22(34-2)15-27-8-6-10-29(27)11-7-18-13-20-21(37-17-36-20)14-19(18)24(25)27/h4-5,13-15,24-25,32H,6-12,16-17H2,1-3H3/b5-4+/t24-,25-,27+,28-/m1/s1. The third kappa shape index (κ3) is 4.54. The topological polar surface area (TPSA) is 113 Å². The van der Waals surface area contributed by atoms with Gasteiger partial charge < -0.3 is 33.5 Å². The molecule has 4 atom stereocenters. The highest BCUT2D eigenvalue weighted by molar-refractivity contribution is 5.86. The average molecular weight is 530 g/mol. The molecular formula is C28H35NO9. The second-order valence-electron chi connectivity index (χ2n) is 10.2. The van der Waals surface area contributed by atoms with Gasteiger partial charge in [-0.1, -0.05) is 12.2 Å². The van der Waals surface area contributed by atoms with Gasteiger partial charge in [0.15, 0.2) is 23.2 Å². The Morgan fingerprint density at radius 3 is 2.71 bits per heavy atom. The number of fused-ring (bicyclic) bond motifs is 3. The Morgan fingerprint density at radius 2 is 1.97 bits per heavy atom. The van der Waals surface area contributed by atoms with Gasteiger partial charge in [-0.15, -0.1) is 0 Å². The van der Waals surface area contributed by atoms with Crippen LogP contribution in [0.25, 0.3) is 0 Å². The van der Waals surface area contributed by atoms with Crippen LogP contribution >= 0.6 is 0 Å². The summed E-state index contributed by atoms with van der Waals surface area (Å²) in [6.45, 7) is 2.23. The SMILES string of the molecule is COC/C=C/C[C@@](O)(CC(=O)OC)C(=O)O[C@@H]1C(OC)=C[C@]23CCCN2CCc2cc4c(cc2[C@H]13)OCO4. The van der Waals surface area contributed by atoms with E-state index in [9.17, 15) is 14.7 Å². The summed E-state index contributed by atoms with van der Waals surface area (Å²) in [7, 11) is 4.31. The molecule has 1 spiro atoms. The van der Waals surface area contributed by atoms with Crippen LogP contribution in [-0.2, 0) is 35.0 Å². The number of aliphatic hydroxyl groups is 1. The molecule has 0 saturated carbocycles. The van der Waals surface area contributed by atoms with Gasteiger partial charge >= 0.3 is 11.9 Å². The van der Waals surface area contributed by atoms with Gasteiger partial charge in [0, 0.05) is 20.1 Å². The summed E-state index contributed by atoms with van der Waals surface area (Å²) in [5.41, 5.74) is -0.416. The molecule has 0 unspecified atom stereocenters. The molecule has 1 N–H and O–H groups in total. The largest absolute Gasteiger partial charge is 0.497 e. The van der Waals surface area contributed by atoms with Gasteiger partial charge in [-0.3, -0.25) is 9.69 Å². The van der Waals surface area contributed by atoms with E-state index in [4.69, 9.17) is 28.4 Å². The van der Waals surface area contributed by atoms with E-state index in [-0.39, 0.29) is 19.1 Å². The number of nitrogens with zero attached hydrogens (tertiary/aromatic N) is 1. The van der Waals surface area contributed by atoms with E-state index in [1.165, 1.54) is 14.2 Å². The van der Waals surface area contributed by atoms with Crippen molar-refractivity contribution in [1.29, 1.82) is 0 Å². The van der Waals surface area contributed by atoms with Crippen molar-refractivity contribution in [3.63, 3.8) is 0 Å². The summed E-state index contributed by atoms with van der Waals surface area (Å²) < 4.78 is 33.0. The molecule has 38 heavy (non-hydrogen) atoms. The number of ether oxygens (including phenoxy) is 6. The first-order valence-corrected chi connectivity index (χ1v) is 12.9. The van der Waals surface area contributed by atoms with Crippen molar-refractivity contribution < 1.29 is 43.1 Å². The van der Waals surface area contributed by atoms with E-state index in [1.54, 1.807) is 19.3 Å². The van der Waals surface area contributed by atoms with Crippen LogP contribution in [0, 0.1) is 0 Å². The molecule has 1 aliphatic carbocycles. The fraction of sp³-hybridized carbons (Fsp3) is 0.571. The van der Waals surface area contributed by atoms with Crippen LogP contribution in [0.4, 0.5) is 0 Å². The Labute approximate surface area is 222 Å². The molecule has 0 aromatic heterocycles. The number of hydrogen-bond donors (Lipinski definition) is 1. The van der Waals surface area contributed by atoms with E-state index in [0.29, 0.717) is 23.9 Å². The molecule has 3 heterocycles. The van der Waals surface area contributed by atoms with Crippen LogP contribution in [0.15, 0.2) is 36.1 Å². The first kappa shape index (κ1) is 26.5. The van der Waals surface area contributed by atoms with Crippen molar-refractivity contribution in [2.24, 2.45) is 0 Å². The zero-order chi connectivity index (χ0) is 26.9. The fourth-order valence-corrected chi connectivity index (χ4v) is 6.30. The fourth-order valence-electron chi connectivity index (χ4n) is 6.30. The van der Waals surface area contributed by atoms with Gasteiger partial charge in [-0.2, -0.15) is 0 Å². The Kier molecular flexibility index (Phi) is 7.39. The summed E-state index contributed by atoms with van der Waals surface area (Å²) in [5.74, 6) is -0.0256. The van der Waals surface area contributed by atoms with Crippen molar-refractivity contribution >= 4 is 11.9 Å². The highest BCUT2D eigenvalue weighted by Crippen LogP contribution is 2.55. The van der Waals surface area contributed by atoms with Gasteiger partial charge in [0.25, 0.3) is 0 Å². The van der Waals surface area contributed by atoms with E-state index in [2.05, 4.69) is 11.0 Å². The molecular weight excluding hydrogens is 494 g/mol. The van der Waals surface area contributed by atoms with Crippen molar-refractivity contribution in [3.05, 3.63) is 47.2 Å². The van der Waals surface area contributed by atoms with E-state index in [1.807, 2.05) is 12.1 Å². The second-order valence-corrected chi connectivity index (χ2v) is 10.2. The van der Waals surface area contributed by atoms with Crippen molar-refractivity contribution in [3.8, 4) is 11.5 Å². The highest BCUT2D eigenvalue weighted by Gasteiger charge is 2.59. The second kappa shape index (κ2) is 10.6. The maximum atomic E-state index is 13.7. The molecule has 0 amide bonds. The minimum Gasteiger partial charge on any atom is -0.497 e. The van der Waals surface area contributed by atoms with E-state index < -0.39 is 35.6 Å². The molecule has 10 heteroatoms. The lowest BCUT2D eigenvalue weighted by molar-refractivity contribution is -0.177. The van der Waals surface area contributed by atoms with Crippen molar-refractivity contribution in [2.75, 3.05) is 47.8 Å².